The van der Waals surface area contributed by atoms with Crippen LogP contribution in [0.4, 0.5) is 0 Å². The van der Waals surface area contributed by atoms with Gasteiger partial charge in [0.15, 0.2) is 0 Å². The Bertz CT molecular complexity index is 780. The molecular weight excluding hydrogens is 333 g/mol. The summed E-state index contributed by atoms with van der Waals surface area (Å²) in [5, 5.41) is 0. The molecule has 128 valence electrons. The Morgan fingerprint density at radius 2 is 1.24 bits per heavy atom. The normalized spacial score (nSPS) is 20.3. The minimum atomic E-state index is -2.83. The van der Waals surface area contributed by atoms with Crippen LogP contribution >= 0.6 is 7.29 Å². The summed E-state index contributed by atoms with van der Waals surface area (Å²) in [6.45, 7) is 2.53. The lowest BCUT2D eigenvalue weighted by Gasteiger charge is -2.33. The number of morpholine rings is 1. The molecule has 2 aliphatic heterocycles. The molecule has 0 radical (unpaired) electrons. The highest BCUT2D eigenvalue weighted by molar-refractivity contribution is 7.68. The van der Waals surface area contributed by atoms with Gasteiger partial charge in [0, 0.05) is 35.9 Å². The van der Waals surface area contributed by atoms with Gasteiger partial charge in [0.05, 0.1) is 13.2 Å². The number of hydrogen-bond donors (Lipinski definition) is 0. The van der Waals surface area contributed by atoms with Gasteiger partial charge in [-0.05, 0) is 0 Å². The van der Waals surface area contributed by atoms with Crippen molar-refractivity contribution in [3.05, 3.63) is 83.4 Å². The van der Waals surface area contributed by atoms with Crippen molar-refractivity contribution >= 4 is 18.8 Å². The molecule has 0 saturated carbocycles. The Kier molecular flexibility index (Phi) is 4.58. The summed E-state index contributed by atoms with van der Waals surface area (Å²) in [6.07, 6.45) is 0. The van der Waals surface area contributed by atoms with Crippen LogP contribution in [-0.2, 0) is 14.0 Å². The van der Waals surface area contributed by atoms with Crippen molar-refractivity contribution in [2.24, 2.45) is 0 Å². The van der Waals surface area contributed by atoms with Gasteiger partial charge in [-0.1, -0.05) is 60.7 Å². The summed E-state index contributed by atoms with van der Waals surface area (Å²) < 4.78 is 27.4. The van der Waals surface area contributed by atoms with Gasteiger partial charge in [0.25, 0.3) is 0 Å². The second-order valence-electron chi connectivity index (χ2n) is 6.06. The Labute approximate surface area is 147 Å². The van der Waals surface area contributed by atoms with Crippen molar-refractivity contribution in [3.63, 3.8) is 0 Å². The Morgan fingerprint density at radius 1 is 0.760 bits per heavy atom. The molecule has 1 saturated heterocycles. The molecule has 4 nitrogen and oxygen atoms in total. The first-order valence-electron chi connectivity index (χ1n) is 8.42. The van der Waals surface area contributed by atoms with Gasteiger partial charge in [0.1, 0.15) is 11.5 Å². The monoisotopic (exact) mass is 353 g/mol. The maximum atomic E-state index is 13.8. The summed E-state index contributed by atoms with van der Waals surface area (Å²) >= 11 is 0. The number of rotatable bonds is 3. The molecule has 2 aromatic rings. The molecular formula is C20H20NO3P. The van der Waals surface area contributed by atoms with E-state index < -0.39 is 7.29 Å². The molecule has 0 unspecified atom stereocenters. The summed E-state index contributed by atoms with van der Waals surface area (Å²) in [4.78, 5) is 0. The molecule has 0 aromatic heterocycles. The summed E-state index contributed by atoms with van der Waals surface area (Å²) in [7, 11) is -2.83. The van der Waals surface area contributed by atoms with Gasteiger partial charge in [-0.3, -0.25) is 4.57 Å². The van der Waals surface area contributed by atoms with Gasteiger partial charge in [-0.2, -0.15) is 0 Å². The van der Waals surface area contributed by atoms with Gasteiger partial charge in [-0.15, -0.1) is 0 Å². The van der Waals surface area contributed by atoms with Gasteiger partial charge < -0.3 is 9.47 Å². The fourth-order valence-corrected chi connectivity index (χ4v) is 5.31. The third-order valence-corrected chi connectivity index (χ3v) is 6.86. The van der Waals surface area contributed by atoms with Crippen LogP contribution in [0.1, 0.15) is 11.1 Å². The molecule has 25 heavy (non-hydrogen) atoms. The van der Waals surface area contributed by atoms with E-state index in [0.717, 1.165) is 11.1 Å². The van der Waals surface area contributed by atoms with E-state index in [2.05, 4.69) is 0 Å². The first kappa shape index (κ1) is 16.3. The minimum Gasteiger partial charge on any atom is -0.456 e. The molecule has 0 N–H and O–H groups in total. The zero-order valence-corrected chi connectivity index (χ0v) is 14.8. The average molecular weight is 353 g/mol. The predicted octanol–water partition coefficient (Wildman–Crippen LogP) is 4.62. The molecule has 0 atom stereocenters. The molecule has 1 fully saturated rings. The zero-order valence-electron chi connectivity index (χ0n) is 13.9. The van der Waals surface area contributed by atoms with Crippen LogP contribution in [0.3, 0.4) is 0 Å². The molecule has 0 amide bonds. The predicted molar refractivity (Wildman–Crippen MR) is 99.9 cm³/mol. The number of nitrogens with zero attached hydrogens (tertiary/aromatic N) is 1. The first-order chi connectivity index (χ1) is 12.2. The van der Waals surface area contributed by atoms with Crippen LogP contribution in [-0.4, -0.2) is 31.0 Å². The Morgan fingerprint density at radius 3 is 1.72 bits per heavy atom. The molecule has 5 heteroatoms. The van der Waals surface area contributed by atoms with E-state index in [-0.39, 0.29) is 0 Å². The highest BCUT2D eigenvalue weighted by Crippen LogP contribution is 2.59. The Balaban J connectivity index is 1.78. The van der Waals surface area contributed by atoms with Gasteiger partial charge in [0.2, 0.25) is 7.29 Å². The maximum Gasteiger partial charge on any atom is 0.200 e. The van der Waals surface area contributed by atoms with Crippen molar-refractivity contribution in [1.82, 2.24) is 4.67 Å². The Hall–Kier alpha value is -2.13. The fourth-order valence-electron chi connectivity index (χ4n) is 3.05. The van der Waals surface area contributed by atoms with E-state index in [4.69, 9.17) is 9.47 Å². The van der Waals surface area contributed by atoms with Gasteiger partial charge in [-0.25, -0.2) is 4.67 Å². The van der Waals surface area contributed by atoms with Crippen molar-refractivity contribution < 1.29 is 14.0 Å². The van der Waals surface area contributed by atoms with Crippen molar-refractivity contribution in [3.8, 4) is 0 Å². The lowest BCUT2D eigenvalue weighted by Crippen LogP contribution is -2.33. The number of hydrogen-bond acceptors (Lipinski definition) is 3. The van der Waals surface area contributed by atoms with Crippen molar-refractivity contribution in [2.75, 3.05) is 26.3 Å². The second-order valence-corrected chi connectivity index (χ2v) is 8.49. The van der Waals surface area contributed by atoms with E-state index in [9.17, 15) is 4.57 Å². The third kappa shape index (κ3) is 3.47. The molecule has 0 spiro atoms. The van der Waals surface area contributed by atoms with E-state index >= 15 is 0 Å². The van der Waals surface area contributed by atoms with Crippen LogP contribution < -0.4 is 0 Å². The molecule has 2 aliphatic rings. The average Bonchev–Trinajstić information content (AvgIpc) is 2.70. The smallest absolute Gasteiger partial charge is 0.200 e. The van der Waals surface area contributed by atoms with Crippen LogP contribution in [0, 0.1) is 0 Å². The lowest BCUT2D eigenvalue weighted by atomic mass is 10.2. The SMILES string of the molecule is O=P1(N2CCOCC2)C=C(c2ccccc2)OC(c2ccccc2)=C1. The second kappa shape index (κ2) is 7.01. The van der Waals surface area contributed by atoms with Crippen LogP contribution in [0.5, 0.6) is 0 Å². The fraction of sp³-hybridized carbons (Fsp3) is 0.200. The van der Waals surface area contributed by atoms with Crippen LogP contribution in [0.15, 0.2) is 72.3 Å². The van der Waals surface area contributed by atoms with E-state index in [1.165, 1.54) is 0 Å². The molecule has 2 heterocycles. The number of benzene rings is 2. The highest BCUT2D eigenvalue weighted by Gasteiger charge is 2.33. The van der Waals surface area contributed by atoms with Crippen molar-refractivity contribution in [1.29, 1.82) is 0 Å². The molecule has 0 bridgehead atoms. The van der Waals surface area contributed by atoms with Crippen LogP contribution in [0.25, 0.3) is 11.5 Å². The number of ether oxygens (including phenoxy) is 2. The summed E-state index contributed by atoms with van der Waals surface area (Å²) in [5.74, 6) is 4.88. The minimum absolute atomic E-state index is 0.605. The van der Waals surface area contributed by atoms with Gasteiger partial charge >= 0.3 is 0 Å². The topological polar surface area (TPSA) is 38.8 Å². The van der Waals surface area contributed by atoms with E-state index in [1.54, 1.807) is 11.6 Å². The van der Waals surface area contributed by atoms with E-state index in [0.29, 0.717) is 37.8 Å². The molecule has 4 rings (SSSR count). The largest absolute Gasteiger partial charge is 0.456 e. The van der Waals surface area contributed by atoms with Crippen molar-refractivity contribution in [2.45, 2.75) is 0 Å². The highest BCUT2D eigenvalue weighted by atomic mass is 31.2. The van der Waals surface area contributed by atoms with E-state index in [1.807, 2.05) is 65.3 Å². The molecule has 2 aromatic carbocycles. The third-order valence-electron chi connectivity index (χ3n) is 4.37. The lowest BCUT2D eigenvalue weighted by molar-refractivity contribution is 0.0730. The van der Waals surface area contributed by atoms with Crippen LogP contribution in [0.2, 0.25) is 0 Å². The maximum absolute atomic E-state index is 13.8. The molecule has 0 aliphatic carbocycles. The zero-order chi connectivity index (χ0) is 17.1. The summed E-state index contributed by atoms with van der Waals surface area (Å²) in [6, 6.07) is 19.7. The quantitative estimate of drug-likeness (QED) is 0.755. The first-order valence-corrected chi connectivity index (χ1v) is 10.2. The standard InChI is InChI=1S/C20H20NO3P/c22-25(21-11-13-23-14-12-21)15-19(17-7-3-1-4-8-17)24-20(16-25)18-9-5-2-6-10-18/h1-10,15-16H,11-14H2. The summed E-state index contributed by atoms with van der Waals surface area (Å²) in [5.41, 5.74) is 1.86.